The highest BCUT2D eigenvalue weighted by atomic mass is 32.2. The van der Waals surface area contributed by atoms with Gasteiger partial charge in [0.25, 0.3) is 0 Å². The molecule has 5 heteroatoms. The van der Waals surface area contributed by atoms with Gasteiger partial charge in [-0.2, -0.15) is 4.31 Å². The maximum absolute atomic E-state index is 12.9. The lowest BCUT2D eigenvalue weighted by molar-refractivity contribution is 0.405. The zero-order valence-electron chi connectivity index (χ0n) is 12.6. The lowest BCUT2D eigenvalue weighted by Gasteiger charge is -2.22. The first-order chi connectivity index (χ1) is 10.5. The Bertz CT molecular complexity index is 684. The van der Waals surface area contributed by atoms with Crippen molar-refractivity contribution in [1.82, 2.24) is 4.31 Å². The van der Waals surface area contributed by atoms with E-state index in [0.29, 0.717) is 18.7 Å². The van der Waals surface area contributed by atoms with E-state index in [0.717, 1.165) is 12.0 Å². The van der Waals surface area contributed by atoms with Crippen LogP contribution in [0.2, 0.25) is 0 Å². The van der Waals surface area contributed by atoms with Crippen molar-refractivity contribution in [1.29, 1.82) is 0 Å². The molecule has 0 N–H and O–H groups in total. The van der Waals surface area contributed by atoms with Crippen LogP contribution in [-0.4, -0.2) is 19.3 Å². The summed E-state index contributed by atoms with van der Waals surface area (Å²) >= 11 is 0. The highest BCUT2D eigenvalue weighted by Gasteiger charge is 2.22. The van der Waals surface area contributed by atoms with E-state index in [1.165, 1.54) is 28.6 Å². The lowest BCUT2D eigenvalue weighted by Crippen LogP contribution is -2.32. The van der Waals surface area contributed by atoms with Gasteiger partial charge in [0.1, 0.15) is 5.82 Å². The molecule has 3 nitrogen and oxygen atoms in total. The smallest absolute Gasteiger partial charge is 0.212 e. The summed E-state index contributed by atoms with van der Waals surface area (Å²) in [5, 5.41) is 0. The number of hydrogen-bond donors (Lipinski definition) is 0. The van der Waals surface area contributed by atoms with Gasteiger partial charge in [0.05, 0.1) is 5.75 Å². The van der Waals surface area contributed by atoms with Crippen LogP contribution in [0.25, 0.3) is 0 Å². The fourth-order valence-electron chi connectivity index (χ4n) is 2.24. The van der Waals surface area contributed by atoms with Gasteiger partial charge >= 0.3 is 0 Å². The van der Waals surface area contributed by atoms with E-state index in [2.05, 4.69) is 0 Å². The molecule has 0 unspecified atom stereocenters. The number of halogens is 1. The van der Waals surface area contributed by atoms with Gasteiger partial charge < -0.3 is 0 Å². The quantitative estimate of drug-likeness (QED) is 0.782. The van der Waals surface area contributed by atoms with Crippen LogP contribution in [0.5, 0.6) is 0 Å². The van der Waals surface area contributed by atoms with Gasteiger partial charge in [-0.1, -0.05) is 49.4 Å². The fraction of sp³-hybridized carbons (Fsp3) is 0.294. The average molecular weight is 321 g/mol. The molecule has 0 aliphatic carbocycles. The third-order valence-electron chi connectivity index (χ3n) is 3.33. The van der Waals surface area contributed by atoms with E-state index in [-0.39, 0.29) is 11.6 Å². The Kier molecular flexibility index (Phi) is 5.69. The van der Waals surface area contributed by atoms with E-state index < -0.39 is 10.0 Å². The van der Waals surface area contributed by atoms with Crippen molar-refractivity contribution in [3.05, 3.63) is 71.5 Å². The monoisotopic (exact) mass is 321 g/mol. The van der Waals surface area contributed by atoms with Crippen LogP contribution in [-0.2, 0) is 22.3 Å². The third-order valence-corrected chi connectivity index (χ3v) is 5.13. The molecule has 2 aromatic carbocycles. The van der Waals surface area contributed by atoms with Crippen molar-refractivity contribution in [3.8, 4) is 0 Å². The minimum atomic E-state index is -3.44. The molecule has 0 aromatic heterocycles. The van der Waals surface area contributed by atoms with Crippen LogP contribution >= 0.6 is 0 Å². The van der Waals surface area contributed by atoms with E-state index in [9.17, 15) is 12.8 Å². The molecule has 0 aliphatic heterocycles. The molecule has 0 saturated carbocycles. The Morgan fingerprint density at radius 2 is 1.59 bits per heavy atom. The highest BCUT2D eigenvalue weighted by molar-refractivity contribution is 7.88. The van der Waals surface area contributed by atoms with Crippen molar-refractivity contribution in [3.63, 3.8) is 0 Å². The molecule has 22 heavy (non-hydrogen) atoms. The highest BCUT2D eigenvalue weighted by Crippen LogP contribution is 2.15. The molecule has 0 amide bonds. The number of rotatable bonds is 7. The Hall–Kier alpha value is -1.72. The van der Waals surface area contributed by atoms with Gasteiger partial charge in [0.15, 0.2) is 0 Å². The molecule has 0 saturated heterocycles. The largest absolute Gasteiger partial charge is 0.218 e. The molecule has 0 fully saturated rings. The molecule has 0 spiro atoms. The standard InChI is InChI=1S/C17H20FNO2S/c1-2-12-19(13-15-6-4-3-5-7-15)22(20,21)14-16-8-10-17(18)11-9-16/h3-11H,2,12-14H2,1H3. The Morgan fingerprint density at radius 3 is 2.18 bits per heavy atom. The first-order valence-electron chi connectivity index (χ1n) is 7.27. The number of nitrogens with zero attached hydrogens (tertiary/aromatic N) is 1. The zero-order valence-corrected chi connectivity index (χ0v) is 13.4. The van der Waals surface area contributed by atoms with Crippen molar-refractivity contribution >= 4 is 10.0 Å². The predicted octanol–water partition coefficient (Wildman–Crippen LogP) is 3.57. The maximum Gasteiger partial charge on any atom is 0.218 e. The number of sulfonamides is 1. The molecular weight excluding hydrogens is 301 g/mol. The van der Waals surface area contributed by atoms with Gasteiger partial charge in [0, 0.05) is 13.1 Å². The summed E-state index contributed by atoms with van der Waals surface area (Å²) in [5.41, 5.74) is 1.55. The van der Waals surface area contributed by atoms with Crippen LogP contribution in [0.3, 0.4) is 0 Å². The summed E-state index contributed by atoms with van der Waals surface area (Å²) in [4.78, 5) is 0. The van der Waals surface area contributed by atoms with Crippen LogP contribution in [0, 0.1) is 5.82 Å². The minimum absolute atomic E-state index is 0.111. The lowest BCUT2D eigenvalue weighted by atomic mass is 10.2. The van der Waals surface area contributed by atoms with Crippen LogP contribution < -0.4 is 0 Å². The van der Waals surface area contributed by atoms with Gasteiger partial charge in [0.2, 0.25) is 10.0 Å². The molecule has 0 heterocycles. The predicted molar refractivity (Wildman–Crippen MR) is 86.2 cm³/mol. The SMILES string of the molecule is CCCN(Cc1ccccc1)S(=O)(=O)Cc1ccc(F)cc1. The summed E-state index contributed by atoms with van der Waals surface area (Å²) < 4.78 is 39.6. The molecule has 0 aliphatic rings. The van der Waals surface area contributed by atoms with Crippen molar-refractivity contribution in [2.45, 2.75) is 25.6 Å². The van der Waals surface area contributed by atoms with Crippen molar-refractivity contribution in [2.75, 3.05) is 6.54 Å². The second kappa shape index (κ2) is 7.51. The Balaban J connectivity index is 2.16. The zero-order chi connectivity index (χ0) is 16.0. The third kappa shape index (κ3) is 4.64. The molecule has 0 atom stereocenters. The van der Waals surface area contributed by atoms with Crippen molar-refractivity contribution < 1.29 is 12.8 Å². The maximum atomic E-state index is 12.9. The van der Waals surface area contributed by atoms with E-state index in [4.69, 9.17) is 0 Å². The molecule has 0 bridgehead atoms. The normalized spacial score (nSPS) is 11.8. The molecule has 2 rings (SSSR count). The summed E-state index contributed by atoms with van der Waals surface area (Å²) in [6.07, 6.45) is 0.746. The van der Waals surface area contributed by atoms with Crippen LogP contribution in [0.4, 0.5) is 4.39 Å². The van der Waals surface area contributed by atoms with Gasteiger partial charge in [-0.15, -0.1) is 0 Å². The first-order valence-corrected chi connectivity index (χ1v) is 8.88. The van der Waals surface area contributed by atoms with Gasteiger partial charge in [-0.3, -0.25) is 0 Å². The fourth-order valence-corrected chi connectivity index (χ4v) is 3.84. The van der Waals surface area contributed by atoms with E-state index >= 15 is 0 Å². The van der Waals surface area contributed by atoms with Gasteiger partial charge in [-0.25, -0.2) is 12.8 Å². The van der Waals surface area contributed by atoms with Crippen LogP contribution in [0.1, 0.15) is 24.5 Å². The van der Waals surface area contributed by atoms with Crippen LogP contribution in [0.15, 0.2) is 54.6 Å². The second-order valence-corrected chi connectivity index (χ2v) is 7.17. The summed E-state index contributed by atoms with van der Waals surface area (Å²) in [6, 6.07) is 15.1. The molecule has 2 aromatic rings. The Labute approximate surface area is 131 Å². The van der Waals surface area contributed by atoms with E-state index in [1.54, 1.807) is 0 Å². The van der Waals surface area contributed by atoms with Gasteiger partial charge in [-0.05, 0) is 29.7 Å². The average Bonchev–Trinajstić information content (AvgIpc) is 2.50. The minimum Gasteiger partial charge on any atom is -0.212 e. The van der Waals surface area contributed by atoms with E-state index in [1.807, 2.05) is 37.3 Å². The molecular formula is C17H20FNO2S. The summed E-state index contributed by atoms with van der Waals surface area (Å²) in [6.45, 7) is 2.78. The second-order valence-electron chi connectivity index (χ2n) is 5.20. The Morgan fingerprint density at radius 1 is 0.955 bits per heavy atom. The number of benzene rings is 2. The van der Waals surface area contributed by atoms with Crippen molar-refractivity contribution in [2.24, 2.45) is 0 Å². The molecule has 0 radical (unpaired) electrons. The summed E-state index contributed by atoms with van der Waals surface area (Å²) in [5.74, 6) is -0.476. The number of hydrogen-bond acceptors (Lipinski definition) is 2. The molecule has 118 valence electrons. The summed E-state index contributed by atoms with van der Waals surface area (Å²) in [7, 11) is -3.44. The first kappa shape index (κ1) is 16.6. The topological polar surface area (TPSA) is 37.4 Å².